The molecular weight excluding hydrogens is 549 g/mol. The number of halogens is 1. The zero-order valence-electron chi connectivity index (χ0n) is 24.3. The van der Waals surface area contributed by atoms with Gasteiger partial charge in [-0.3, -0.25) is 4.79 Å². The lowest BCUT2D eigenvalue weighted by atomic mass is 9.95. The minimum absolute atomic E-state index is 0.0564. The highest BCUT2D eigenvalue weighted by molar-refractivity contribution is 6.14. The lowest BCUT2D eigenvalue weighted by Gasteiger charge is -2.41. The largest absolute Gasteiger partial charge is 0.463 e. The van der Waals surface area contributed by atoms with E-state index in [0.717, 1.165) is 41.5 Å². The second kappa shape index (κ2) is 11.5. The molecule has 0 saturated carbocycles. The normalized spacial score (nSPS) is 19.2. The third-order valence-corrected chi connectivity index (χ3v) is 8.64. The molecular formula is C32H34FN7O3. The molecule has 2 aliphatic heterocycles. The van der Waals surface area contributed by atoms with Crippen molar-refractivity contribution in [2.45, 2.75) is 38.3 Å². The van der Waals surface area contributed by atoms with Gasteiger partial charge in [-0.25, -0.2) is 4.39 Å². The Morgan fingerprint density at radius 1 is 1.26 bits per heavy atom. The first kappa shape index (κ1) is 28.4. The van der Waals surface area contributed by atoms with Crippen molar-refractivity contribution in [3.05, 3.63) is 54.6 Å². The van der Waals surface area contributed by atoms with E-state index in [4.69, 9.17) is 24.9 Å². The molecule has 0 unspecified atom stereocenters. The summed E-state index contributed by atoms with van der Waals surface area (Å²) in [4.78, 5) is 28.3. The van der Waals surface area contributed by atoms with Gasteiger partial charge in [0.15, 0.2) is 0 Å². The maximum atomic E-state index is 14.3. The van der Waals surface area contributed by atoms with Crippen LogP contribution in [0.3, 0.4) is 0 Å². The number of carbonyl (C=O) groups is 1. The number of nitrogens with two attached hydrogens (primary N) is 1. The van der Waals surface area contributed by atoms with Crippen molar-refractivity contribution in [2.75, 3.05) is 50.5 Å². The maximum Gasteiger partial charge on any atom is 0.319 e. The lowest BCUT2D eigenvalue weighted by molar-refractivity contribution is -0.128. The molecule has 2 N–H and O–H groups in total. The number of benzene rings is 2. The number of aryl methyl sites for hydroxylation is 1. The Morgan fingerprint density at radius 2 is 2.09 bits per heavy atom. The number of piperazine rings is 1. The van der Waals surface area contributed by atoms with Crippen LogP contribution in [0.4, 0.5) is 15.9 Å². The minimum Gasteiger partial charge on any atom is -0.463 e. The Hall–Kier alpha value is -4.69. The molecule has 0 spiro atoms. The number of rotatable bonds is 7. The van der Waals surface area contributed by atoms with E-state index < -0.39 is 5.82 Å². The van der Waals surface area contributed by atoms with Crippen LogP contribution in [0.2, 0.25) is 0 Å². The molecule has 4 heterocycles. The van der Waals surface area contributed by atoms with E-state index in [9.17, 15) is 14.4 Å². The third-order valence-electron chi connectivity index (χ3n) is 8.64. The molecule has 222 valence electrons. The summed E-state index contributed by atoms with van der Waals surface area (Å²) in [6.45, 7) is 8.21. The summed E-state index contributed by atoms with van der Waals surface area (Å²) < 4.78 is 26.6. The summed E-state index contributed by atoms with van der Waals surface area (Å²) in [6.07, 6.45) is 5.21. The van der Waals surface area contributed by atoms with Crippen molar-refractivity contribution in [1.82, 2.24) is 19.8 Å². The fraction of sp³-hybridized carbons (Fsp3) is 0.375. The minimum atomic E-state index is -0.469. The van der Waals surface area contributed by atoms with Gasteiger partial charge in [0.05, 0.1) is 41.4 Å². The predicted octanol–water partition coefficient (Wildman–Crippen LogP) is 4.66. The number of likely N-dealkylation sites (N-methyl/N-ethyl adjacent to an activating group) is 1. The first-order valence-electron chi connectivity index (χ1n) is 14.4. The number of amides is 1. The Kier molecular flexibility index (Phi) is 7.62. The van der Waals surface area contributed by atoms with Crippen LogP contribution in [0, 0.1) is 24.1 Å². The highest BCUT2D eigenvalue weighted by Gasteiger charge is 2.32. The van der Waals surface area contributed by atoms with Crippen molar-refractivity contribution in [3.63, 3.8) is 0 Å². The van der Waals surface area contributed by atoms with Crippen LogP contribution >= 0.6 is 0 Å². The summed E-state index contributed by atoms with van der Waals surface area (Å²) >= 11 is 0. The summed E-state index contributed by atoms with van der Waals surface area (Å²) in [5.74, 6) is -0.0666. The Bertz CT molecular complexity index is 1760. The Morgan fingerprint density at radius 3 is 2.84 bits per heavy atom. The van der Waals surface area contributed by atoms with Crippen LogP contribution in [-0.2, 0) is 4.79 Å². The number of likely N-dealkylation sites (tertiary alicyclic amines) is 1. The van der Waals surface area contributed by atoms with Gasteiger partial charge < -0.3 is 29.6 Å². The summed E-state index contributed by atoms with van der Waals surface area (Å²) in [6, 6.07) is 9.24. The van der Waals surface area contributed by atoms with E-state index in [2.05, 4.69) is 29.5 Å². The van der Waals surface area contributed by atoms with Crippen LogP contribution in [0.1, 0.15) is 24.8 Å². The molecule has 2 atom stereocenters. The molecule has 0 aliphatic carbocycles. The second-order valence-electron chi connectivity index (χ2n) is 11.3. The van der Waals surface area contributed by atoms with Gasteiger partial charge in [-0.1, -0.05) is 6.58 Å². The third kappa shape index (κ3) is 5.23. The molecule has 2 saturated heterocycles. The fourth-order valence-corrected chi connectivity index (χ4v) is 6.29. The van der Waals surface area contributed by atoms with Gasteiger partial charge in [-0.15, -0.1) is 0 Å². The molecule has 2 aromatic carbocycles. The lowest BCUT2D eigenvalue weighted by Crippen LogP contribution is -2.55. The zero-order valence-corrected chi connectivity index (χ0v) is 24.3. The van der Waals surface area contributed by atoms with Gasteiger partial charge in [0.1, 0.15) is 23.8 Å². The number of hydrogen-bond donors (Lipinski definition) is 1. The Labute approximate surface area is 249 Å². The highest BCUT2D eigenvalue weighted by atomic mass is 19.1. The molecule has 2 fully saturated rings. The van der Waals surface area contributed by atoms with Gasteiger partial charge in [0.25, 0.3) is 0 Å². The van der Waals surface area contributed by atoms with Gasteiger partial charge in [-0.2, -0.15) is 15.2 Å². The highest BCUT2D eigenvalue weighted by Crippen LogP contribution is 2.41. The molecule has 0 radical (unpaired) electrons. The van der Waals surface area contributed by atoms with E-state index >= 15 is 0 Å². The van der Waals surface area contributed by atoms with Crippen molar-refractivity contribution in [2.24, 2.45) is 0 Å². The second-order valence-corrected chi connectivity index (χ2v) is 11.3. The van der Waals surface area contributed by atoms with Crippen LogP contribution in [-0.4, -0.2) is 77.6 Å². The maximum absolute atomic E-state index is 14.3. The number of furan rings is 1. The number of fused-ring (bicyclic) bond motifs is 3. The molecule has 1 amide bonds. The van der Waals surface area contributed by atoms with E-state index in [1.165, 1.54) is 12.1 Å². The molecule has 0 bridgehead atoms. The average Bonchev–Trinajstić information content (AvgIpc) is 3.66. The number of nitrogen functional groups attached to an aromatic ring is 1. The Balaban J connectivity index is 1.50. The summed E-state index contributed by atoms with van der Waals surface area (Å²) in [5.41, 5.74) is 9.52. The number of hydrogen-bond acceptors (Lipinski definition) is 9. The molecule has 11 heteroatoms. The quantitative estimate of drug-likeness (QED) is 0.244. The first-order chi connectivity index (χ1) is 20.8. The number of nitrogens with zero attached hydrogens (tertiary/aromatic N) is 6. The monoisotopic (exact) mass is 583 g/mol. The molecule has 4 aromatic rings. The number of ether oxygens (including phenoxy) is 1. The predicted molar refractivity (Wildman–Crippen MR) is 163 cm³/mol. The number of nitriles is 1. The smallest absolute Gasteiger partial charge is 0.319 e. The molecule has 43 heavy (non-hydrogen) atoms. The zero-order chi connectivity index (χ0) is 30.2. The van der Waals surface area contributed by atoms with Crippen molar-refractivity contribution < 1.29 is 18.3 Å². The average molecular weight is 584 g/mol. The standard InChI is InChI=1S/C32H34FN7O3/c1-4-28(41)40-12-11-39(17-20(40)7-9-34)31-29-27(36-32(37-31)43-18-21-6-5-10-38(21)3)16-24(22-8-13-42-30(22)29)23-15-26(35)25(33)14-19(23)2/h4,8,13-16,20-21H,1,5-7,10-12,17-18,35H2,2-3H3/t20-,21-/m0/s1. The first-order valence-corrected chi connectivity index (χ1v) is 14.4. The topological polar surface area (TPSA) is 125 Å². The van der Waals surface area contributed by atoms with Gasteiger partial charge in [-0.05, 0) is 80.4 Å². The van der Waals surface area contributed by atoms with Gasteiger partial charge in [0.2, 0.25) is 5.91 Å². The molecule has 10 nitrogen and oxygen atoms in total. The number of anilines is 2. The van der Waals surface area contributed by atoms with Gasteiger partial charge >= 0.3 is 6.01 Å². The van der Waals surface area contributed by atoms with E-state index in [-0.39, 0.29) is 36.1 Å². The molecule has 2 aromatic heterocycles. The fourth-order valence-electron chi connectivity index (χ4n) is 6.29. The molecule has 6 rings (SSSR count). The number of aromatic nitrogens is 2. The SMILES string of the molecule is C=CC(=O)N1CCN(c2nc(OC[C@@H]3CCCN3C)nc3cc(-c4cc(N)c(F)cc4C)c4ccoc4c23)C[C@@H]1CC#N. The summed E-state index contributed by atoms with van der Waals surface area (Å²) in [5, 5.41) is 11.0. The summed E-state index contributed by atoms with van der Waals surface area (Å²) in [7, 11) is 2.09. The van der Waals surface area contributed by atoms with E-state index in [1.54, 1.807) is 17.2 Å². The van der Waals surface area contributed by atoms with Crippen LogP contribution in [0.15, 0.2) is 47.6 Å². The van der Waals surface area contributed by atoms with Crippen molar-refractivity contribution >= 4 is 39.3 Å². The van der Waals surface area contributed by atoms with Crippen LogP contribution < -0.4 is 15.4 Å². The molecule has 2 aliphatic rings. The van der Waals surface area contributed by atoms with Crippen LogP contribution in [0.5, 0.6) is 6.01 Å². The number of carbonyl (C=O) groups excluding carboxylic acids is 1. The van der Waals surface area contributed by atoms with E-state index in [1.807, 2.05) is 19.1 Å². The van der Waals surface area contributed by atoms with Crippen molar-refractivity contribution in [1.29, 1.82) is 5.26 Å². The van der Waals surface area contributed by atoms with Crippen molar-refractivity contribution in [3.8, 4) is 23.2 Å². The van der Waals surface area contributed by atoms with E-state index in [0.29, 0.717) is 48.5 Å². The van der Waals surface area contributed by atoms with Crippen LogP contribution in [0.25, 0.3) is 33.0 Å². The van der Waals surface area contributed by atoms with Gasteiger partial charge in [0, 0.05) is 31.1 Å².